The van der Waals surface area contributed by atoms with Gasteiger partial charge in [-0.2, -0.15) is 10.2 Å². The van der Waals surface area contributed by atoms with Crippen LogP contribution in [0, 0.1) is 11.3 Å². The Bertz CT molecular complexity index is 1010. The van der Waals surface area contributed by atoms with Gasteiger partial charge in [0.15, 0.2) is 11.5 Å². The molecular formula is C18H13N5O2. The van der Waals surface area contributed by atoms with Crippen molar-refractivity contribution in [2.24, 2.45) is 0 Å². The molecule has 0 bridgehead atoms. The molecule has 7 heteroatoms. The predicted octanol–water partition coefficient (Wildman–Crippen LogP) is 2.58. The topological polar surface area (TPSA) is 120 Å². The fourth-order valence-corrected chi connectivity index (χ4v) is 2.71. The van der Waals surface area contributed by atoms with E-state index in [9.17, 15) is 5.26 Å². The van der Waals surface area contributed by atoms with Crippen LogP contribution in [-0.2, 0) is 0 Å². The van der Waals surface area contributed by atoms with Gasteiger partial charge in [-0.3, -0.25) is 0 Å². The van der Waals surface area contributed by atoms with E-state index in [2.05, 4.69) is 9.97 Å². The smallest absolute Gasteiger partial charge is 0.231 e. The highest BCUT2D eigenvalue weighted by molar-refractivity contribution is 5.76. The molecule has 0 radical (unpaired) electrons. The Morgan fingerprint density at radius 2 is 1.56 bits per heavy atom. The number of nitrogens with two attached hydrogens (primary N) is 2. The Balaban J connectivity index is 1.73. The second kappa shape index (κ2) is 5.69. The van der Waals surface area contributed by atoms with Crippen molar-refractivity contribution in [2.45, 2.75) is 0 Å². The Hall–Kier alpha value is -3.79. The summed E-state index contributed by atoms with van der Waals surface area (Å²) in [6, 6.07) is 15.4. The number of aromatic nitrogens is 2. The minimum Gasteiger partial charge on any atom is -0.454 e. The van der Waals surface area contributed by atoms with Gasteiger partial charge in [-0.25, -0.2) is 4.98 Å². The van der Waals surface area contributed by atoms with Gasteiger partial charge in [0.1, 0.15) is 17.5 Å². The predicted molar refractivity (Wildman–Crippen MR) is 92.6 cm³/mol. The molecule has 0 amide bonds. The molecule has 1 aromatic heterocycles. The molecule has 25 heavy (non-hydrogen) atoms. The number of rotatable bonds is 2. The quantitative estimate of drug-likeness (QED) is 0.740. The zero-order valence-corrected chi connectivity index (χ0v) is 13.1. The fraction of sp³-hybridized carbons (Fsp3) is 0.0556. The molecule has 0 saturated carbocycles. The van der Waals surface area contributed by atoms with Gasteiger partial charge in [-0.15, -0.1) is 0 Å². The van der Waals surface area contributed by atoms with Gasteiger partial charge >= 0.3 is 0 Å². The zero-order chi connectivity index (χ0) is 17.4. The minimum absolute atomic E-state index is 0.0337. The van der Waals surface area contributed by atoms with Crippen LogP contribution in [0.3, 0.4) is 0 Å². The Kier molecular flexibility index (Phi) is 3.36. The molecule has 0 saturated heterocycles. The molecule has 4 rings (SSSR count). The van der Waals surface area contributed by atoms with E-state index in [0.717, 1.165) is 28.2 Å². The number of fused-ring (bicyclic) bond motifs is 1. The van der Waals surface area contributed by atoms with Crippen LogP contribution in [-0.4, -0.2) is 16.8 Å². The average molecular weight is 331 g/mol. The lowest BCUT2D eigenvalue weighted by Gasteiger charge is -2.08. The first-order valence-corrected chi connectivity index (χ1v) is 7.49. The minimum atomic E-state index is 0.0337. The molecule has 2 aromatic carbocycles. The van der Waals surface area contributed by atoms with Crippen LogP contribution in [0.25, 0.3) is 22.4 Å². The van der Waals surface area contributed by atoms with E-state index in [-0.39, 0.29) is 24.1 Å². The van der Waals surface area contributed by atoms with E-state index < -0.39 is 0 Å². The highest BCUT2D eigenvalue weighted by Gasteiger charge is 2.15. The lowest BCUT2D eigenvalue weighted by molar-refractivity contribution is 0.174. The van der Waals surface area contributed by atoms with Crippen molar-refractivity contribution in [3.8, 4) is 40.0 Å². The number of hydrogen-bond donors (Lipinski definition) is 2. The van der Waals surface area contributed by atoms with E-state index in [4.69, 9.17) is 20.9 Å². The number of nitriles is 1. The number of hydrogen-bond acceptors (Lipinski definition) is 7. The van der Waals surface area contributed by atoms with Crippen molar-refractivity contribution in [1.29, 1.82) is 5.26 Å². The van der Waals surface area contributed by atoms with Gasteiger partial charge in [0, 0.05) is 5.56 Å². The van der Waals surface area contributed by atoms with Crippen LogP contribution >= 0.6 is 0 Å². The first-order chi connectivity index (χ1) is 12.2. The van der Waals surface area contributed by atoms with Crippen LogP contribution < -0.4 is 20.9 Å². The lowest BCUT2D eigenvalue weighted by atomic mass is 10.0. The number of anilines is 2. The number of nitrogen functional groups attached to an aromatic ring is 2. The van der Waals surface area contributed by atoms with Crippen molar-refractivity contribution < 1.29 is 9.47 Å². The third kappa shape index (κ3) is 2.56. The van der Waals surface area contributed by atoms with Crippen molar-refractivity contribution in [3.05, 3.63) is 48.0 Å². The standard InChI is InChI=1S/C18H13N5O2/c19-8-13-16(22-18(21)23-17(13)20)11-3-1-10(2-4-11)12-5-6-14-15(7-12)25-9-24-14/h1-7H,9H2,(H4,20,21,22,23). The molecule has 0 unspecified atom stereocenters. The van der Waals surface area contributed by atoms with Crippen LogP contribution in [0.1, 0.15) is 5.56 Å². The Morgan fingerprint density at radius 3 is 2.32 bits per heavy atom. The van der Waals surface area contributed by atoms with Crippen LogP contribution in [0.4, 0.5) is 11.8 Å². The van der Waals surface area contributed by atoms with Crippen molar-refractivity contribution in [1.82, 2.24) is 9.97 Å². The van der Waals surface area contributed by atoms with Gasteiger partial charge in [0.25, 0.3) is 0 Å². The first-order valence-electron chi connectivity index (χ1n) is 7.49. The summed E-state index contributed by atoms with van der Waals surface area (Å²) in [6.45, 7) is 0.241. The van der Waals surface area contributed by atoms with Crippen LogP contribution in [0.2, 0.25) is 0 Å². The highest BCUT2D eigenvalue weighted by Crippen LogP contribution is 2.36. The molecule has 1 aliphatic heterocycles. The lowest BCUT2D eigenvalue weighted by Crippen LogP contribution is -2.04. The maximum atomic E-state index is 9.30. The van der Waals surface area contributed by atoms with Crippen molar-refractivity contribution >= 4 is 11.8 Å². The van der Waals surface area contributed by atoms with E-state index in [1.807, 2.05) is 48.5 Å². The Labute approximate surface area is 143 Å². The monoisotopic (exact) mass is 331 g/mol. The first kappa shape index (κ1) is 14.8. The van der Waals surface area contributed by atoms with Crippen molar-refractivity contribution in [3.63, 3.8) is 0 Å². The second-order valence-electron chi connectivity index (χ2n) is 5.45. The molecule has 2 heterocycles. The Morgan fingerprint density at radius 1 is 0.880 bits per heavy atom. The molecule has 7 nitrogen and oxygen atoms in total. The van der Waals surface area contributed by atoms with Crippen LogP contribution in [0.5, 0.6) is 11.5 Å². The van der Waals surface area contributed by atoms with E-state index in [1.54, 1.807) is 0 Å². The SMILES string of the molecule is N#Cc1c(N)nc(N)nc1-c1ccc(-c2ccc3c(c2)OCO3)cc1. The highest BCUT2D eigenvalue weighted by atomic mass is 16.7. The summed E-state index contributed by atoms with van der Waals surface area (Å²) >= 11 is 0. The van der Waals surface area contributed by atoms with E-state index in [0.29, 0.717) is 5.69 Å². The van der Waals surface area contributed by atoms with Gasteiger partial charge < -0.3 is 20.9 Å². The molecule has 0 spiro atoms. The third-order valence-electron chi connectivity index (χ3n) is 3.93. The summed E-state index contributed by atoms with van der Waals surface area (Å²) in [6.07, 6.45) is 0. The van der Waals surface area contributed by atoms with Gasteiger partial charge in [-0.1, -0.05) is 30.3 Å². The van der Waals surface area contributed by atoms with Gasteiger partial charge in [0.2, 0.25) is 12.7 Å². The largest absolute Gasteiger partial charge is 0.454 e. The summed E-state index contributed by atoms with van der Waals surface area (Å²) in [5.41, 5.74) is 14.8. The number of nitrogens with zero attached hydrogens (tertiary/aromatic N) is 3. The molecule has 0 aliphatic carbocycles. The zero-order valence-electron chi connectivity index (χ0n) is 13.1. The van der Waals surface area contributed by atoms with E-state index >= 15 is 0 Å². The molecule has 122 valence electrons. The molecule has 3 aromatic rings. The average Bonchev–Trinajstić information content (AvgIpc) is 3.09. The molecule has 1 aliphatic rings. The summed E-state index contributed by atoms with van der Waals surface area (Å²) in [5, 5.41) is 9.30. The van der Waals surface area contributed by atoms with Gasteiger partial charge in [-0.05, 0) is 23.3 Å². The summed E-state index contributed by atoms with van der Waals surface area (Å²) in [5.74, 6) is 1.58. The summed E-state index contributed by atoms with van der Waals surface area (Å²) in [7, 11) is 0. The summed E-state index contributed by atoms with van der Waals surface area (Å²) in [4.78, 5) is 7.98. The van der Waals surface area contributed by atoms with E-state index in [1.165, 1.54) is 0 Å². The second-order valence-corrected chi connectivity index (χ2v) is 5.45. The molecule has 0 fully saturated rings. The fourth-order valence-electron chi connectivity index (χ4n) is 2.71. The van der Waals surface area contributed by atoms with Gasteiger partial charge in [0.05, 0.1) is 5.69 Å². The normalized spacial score (nSPS) is 12.0. The molecule has 0 atom stereocenters. The molecular weight excluding hydrogens is 318 g/mol. The number of ether oxygens (including phenoxy) is 2. The summed E-state index contributed by atoms with van der Waals surface area (Å²) < 4.78 is 10.7. The molecule has 4 N–H and O–H groups in total. The maximum Gasteiger partial charge on any atom is 0.231 e. The number of benzene rings is 2. The maximum absolute atomic E-state index is 9.30. The third-order valence-corrected chi connectivity index (χ3v) is 3.93. The van der Waals surface area contributed by atoms with Crippen LogP contribution in [0.15, 0.2) is 42.5 Å². The van der Waals surface area contributed by atoms with Crippen molar-refractivity contribution in [2.75, 3.05) is 18.3 Å².